The van der Waals surface area contributed by atoms with Crippen molar-refractivity contribution in [2.24, 2.45) is 5.18 Å². The number of carbonyl (C=O) groups excluding carboxylic acids is 1. The standard InChI is InChI=1S/C6H6N2O2S/c1-2-5-7-3-4(11-5)6(9)8-10/h3H,2H2,1H3. The maximum atomic E-state index is 10.6. The minimum absolute atomic E-state index is 0.317. The molecule has 0 N–H and O–H groups in total. The molecule has 1 amide bonds. The summed E-state index contributed by atoms with van der Waals surface area (Å²) in [5.41, 5.74) is 0. The van der Waals surface area contributed by atoms with Crippen molar-refractivity contribution in [1.29, 1.82) is 0 Å². The first-order valence-electron chi connectivity index (χ1n) is 3.10. The second-order valence-electron chi connectivity index (χ2n) is 1.87. The van der Waals surface area contributed by atoms with Crippen LogP contribution in [0.5, 0.6) is 0 Å². The second-order valence-corrected chi connectivity index (χ2v) is 2.98. The Labute approximate surface area is 67.2 Å². The summed E-state index contributed by atoms with van der Waals surface area (Å²) in [5.74, 6) is -0.734. The number of amides is 1. The lowest BCUT2D eigenvalue weighted by atomic mass is 10.5. The third kappa shape index (κ3) is 1.68. The molecule has 0 radical (unpaired) electrons. The van der Waals surface area contributed by atoms with E-state index in [0.717, 1.165) is 11.4 Å². The van der Waals surface area contributed by atoms with Gasteiger partial charge in [0.1, 0.15) is 4.88 Å². The number of thiazole rings is 1. The summed E-state index contributed by atoms with van der Waals surface area (Å²) in [6.07, 6.45) is 2.16. The lowest BCUT2D eigenvalue weighted by molar-refractivity contribution is 0.100. The maximum absolute atomic E-state index is 10.6. The van der Waals surface area contributed by atoms with Crippen LogP contribution in [0, 0.1) is 4.91 Å². The Bertz CT molecular complexity index is 282. The van der Waals surface area contributed by atoms with Crippen LogP contribution in [-0.2, 0) is 6.42 Å². The molecule has 1 aromatic heterocycles. The van der Waals surface area contributed by atoms with Gasteiger partial charge in [-0.05, 0) is 6.42 Å². The van der Waals surface area contributed by atoms with Crippen molar-refractivity contribution in [3.63, 3.8) is 0 Å². The van der Waals surface area contributed by atoms with Crippen LogP contribution in [0.15, 0.2) is 11.4 Å². The number of aryl methyl sites for hydroxylation is 1. The van der Waals surface area contributed by atoms with Gasteiger partial charge < -0.3 is 0 Å². The fourth-order valence-corrected chi connectivity index (χ4v) is 1.35. The molecule has 0 fully saturated rings. The van der Waals surface area contributed by atoms with E-state index in [1.165, 1.54) is 17.5 Å². The van der Waals surface area contributed by atoms with Gasteiger partial charge in [-0.3, -0.25) is 4.79 Å². The Morgan fingerprint density at radius 2 is 2.55 bits per heavy atom. The minimum Gasteiger partial charge on any atom is -0.262 e. The summed E-state index contributed by atoms with van der Waals surface area (Å²) in [5, 5.41) is 3.13. The smallest absolute Gasteiger partial charge is 0.262 e. The van der Waals surface area contributed by atoms with Crippen LogP contribution in [0.3, 0.4) is 0 Å². The summed E-state index contributed by atoms with van der Waals surface area (Å²) in [6.45, 7) is 1.93. The largest absolute Gasteiger partial charge is 0.328 e. The van der Waals surface area contributed by atoms with E-state index >= 15 is 0 Å². The molecule has 0 aliphatic heterocycles. The molecule has 0 unspecified atom stereocenters. The first-order valence-corrected chi connectivity index (χ1v) is 3.92. The van der Waals surface area contributed by atoms with Crippen molar-refractivity contribution in [2.45, 2.75) is 13.3 Å². The lowest BCUT2D eigenvalue weighted by Gasteiger charge is -1.80. The molecule has 0 aromatic carbocycles. The van der Waals surface area contributed by atoms with Gasteiger partial charge in [-0.25, -0.2) is 4.98 Å². The molecular formula is C6H6N2O2S. The van der Waals surface area contributed by atoms with E-state index < -0.39 is 5.91 Å². The number of carbonyl (C=O) groups is 1. The highest BCUT2D eigenvalue weighted by Crippen LogP contribution is 2.13. The van der Waals surface area contributed by atoms with Crippen LogP contribution in [0.25, 0.3) is 0 Å². The average molecular weight is 170 g/mol. The van der Waals surface area contributed by atoms with Gasteiger partial charge in [-0.2, -0.15) is 0 Å². The molecule has 0 aliphatic carbocycles. The van der Waals surface area contributed by atoms with Crippen LogP contribution >= 0.6 is 11.3 Å². The van der Waals surface area contributed by atoms with E-state index in [-0.39, 0.29) is 0 Å². The molecule has 4 nitrogen and oxygen atoms in total. The van der Waals surface area contributed by atoms with E-state index in [9.17, 15) is 9.70 Å². The Morgan fingerprint density at radius 1 is 1.82 bits per heavy atom. The highest BCUT2D eigenvalue weighted by atomic mass is 32.1. The minimum atomic E-state index is -0.734. The zero-order valence-corrected chi connectivity index (χ0v) is 6.72. The van der Waals surface area contributed by atoms with Gasteiger partial charge in [0.05, 0.1) is 11.2 Å². The van der Waals surface area contributed by atoms with Crippen LogP contribution in [0.4, 0.5) is 0 Å². The molecule has 0 saturated carbocycles. The highest BCUT2D eigenvalue weighted by Gasteiger charge is 2.08. The first-order chi connectivity index (χ1) is 5.27. The molecular weight excluding hydrogens is 164 g/mol. The Hall–Kier alpha value is -1.10. The number of nitrogens with zero attached hydrogens (tertiary/aromatic N) is 2. The molecule has 1 rings (SSSR count). The van der Waals surface area contributed by atoms with Crippen LogP contribution in [0.1, 0.15) is 21.6 Å². The summed E-state index contributed by atoms with van der Waals surface area (Å²) in [4.78, 5) is 24.6. The lowest BCUT2D eigenvalue weighted by Crippen LogP contribution is -1.86. The van der Waals surface area contributed by atoms with E-state index in [1.54, 1.807) is 0 Å². The second kappa shape index (κ2) is 3.34. The van der Waals surface area contributed by atoms with Gasteiger partial charge in [-0.1, -0.05) is 6.92 Å². The van der Waals surface area contributed by atoms with Crippen LogP contribution in [0.2, 0.25) is 0 Å². The molecule has 1 aromatic rings. The third-order valence-electron chi connectivity index (χ3n) is 1.15. The fraction of sp³-hybridized carbons (Fsp3) is 0.333. The zero-order valence-electron chi connectivity index (χ0n) is 5.90. The molecule has 58 valence electrons. The highest BCUT2D eigenvalue weighted by molar-refractivity contribution is 7.13. The summed E-state index contributed by atoms with van der Waals surface area (Å²) < 4.78 is 0. The van der Waals surface area contributed by atoms with Crippen molar-refractivity contribution in [3.8, 4) is 0 Å². The van der Waals surface area contributed by atoms with E-state index in [4.69, 9.17) is 0 Å². The summed E-state index contributed by atoms with van der Waals surface area (Å²) >= 11 is 1.21. The van der Waals surface area contributed by atoms with E-state index in [0.29, 0.717) is 4.88 Å². The fourth-order valence-electron chi connectivity index (χ4n) is 0.618. The number of rotatable bonds is 2. The van der Waals surface area contributed by atoms with Crippen molar-refractivity contribution < 1.29 is 4.79 Å². The molecule has 0 aliphatic rings. The average Bonchev–Trinajstić information content (AvgIpc) is 2.50. The predicted molar refractivity (Wildman–Crippen MR) is 41.6 cm³/mol. The quantitative estimate of drug-likeness (QED) is 0.633. The molecule has 0 spiro atoms. The third-order valence-corrected chi connectivity index (χ3v) is 2.28. The molecule has 11 heavy (non-hydrogen) atoms. The van der Waals surface area contributed by atoms with Crippen LogP contribution in [-0.4, -0.2) is 10.9 Å². The monoisotopic (exact) mass is 170 g/mol. The van der Waals surface area contributed by atoms with E-state index in [1.807, 2.05) is 6.92 Å². The van der Waals surface area contributed by atoms with Crippen molar-refractivity contribution in [1.82, 2.24) is 4.98 Å². The Morgan fingerprint density at radius 3 is 3.00 bits per heavy atom. The zero-order chi connectivity index (χ0) is 8.27. The topological polar surface area (TPSA) is 59.4 Å². The summed E-state index contributed by atoms with van der Waals surface area (Å²) in [6, 6.07) is 0. The van der Waals surface area contributed by atoms with Gasteiger partial charge in [-0.15, -0.1) is 16.2 Å². The van der Waals surface area contributed by atoms with E-state index in [2.05, 4.69) is 10.2 Å². The first kappa shape index (κ1) is 8.00. The molecule has 0 atom stereocenters. The van der Waals surface area contributed by atoms with Crippen molar-refractivity contribution >= 4 is 17.2 Å². The number of nitroso groups, excluding NO2 is 1. The van der Waals surface area contributed by atoms with Gasteiger partial charge >= 0.3 is 5.91 Å². The number of hydrogen-bond donors (Lipinski definition) is 0. The molecule has 0 bridgehead atoms. The Kier molecular flexibility index (Phi) is 2.43. The number of hydrogen-bond acceptors (Lipinski definition) is 4. The summed E-state index contributed by atoms with van der Waals surface area (Å²) in [7, 11) is 0. The molecule has 0 saturated heterocycles. The SMILES string of the molecule is CCc1ncc(C(=O)N=O)s1. The van der Waals surface area contributed by atoms with Gasteiger partial charge in [0, 0.05) is 5.18 Å². The van der Waals surface area contributed by atoms with Gasteiger partial charge in [0.25, 0.3) is 0 Å². The van der Waals surface area contributed by atoms with Crippen molar-refractivity contribution in [2.75, 3.05) is 0 Å². The Balaban J connectivity index is 2.88. The van der Waals surface area contributed by atoms with Crippen molar-refractivity contribution in [3.05, 3.63) is 21.0 Å². The maximum Gasteiger partial charge on any atom is 0.328 e. The predicted octanol–water partition coefficient (Wildman–Crippen LogP) is 1.61. The normalized spacial score (nSPS) is 9.55. The number of aromatic nitrogens is 1. The molecule has 5 heteroatoms. The van der Waals surface area contributed by atoms with Crippen LogP contribution < -0.4 is 0 Å². The van der Waals surface area contributed by atoms with Gasteiger partial charge in [0.2, 0.25) is 0 Å². The molecule has 1 heterocycles. The van der Waals surface area contributed by atoms with Gasteiger partial charge in [0.15, 0.2) is 0 Å².